The Bertz CT molecular complexity index is 853. The van der Waals surface area contributed by atoms with E-state index in [0.29, 0.717) is 26.1 Å². The van der Waals surface area contributed by atoms with E-state index in [9.17, 15) is 13.2 Å². The van der Waals surface area contributed by atoms with Crippen molar-refractivity contribution < 1.29 is 13.2 Å². The van der Waals surface area contributed by atoms with Crippen LogP contribution < -0.4 is 5.32 Å². The number of nitrogens with zero attached hydrogens (tertiary/aromatic N) is 2. The first-order valence-corrected chi connectivity index (χ1v) is 10.2. The summed E-state index contributed by atoms with van der Waals surface area (Å²) in [4.78, 5) is 16.5. The van der Waals surface area contributed by atoms with E-state index in [1.165, 1.54) is 22.5 Å². The molecule has 0 bridgehead atoms. The number of pyridine rings is 1. The Morgan fingerprint density at radius 3 is 2.58 bits per heavy atom. The van der Waals surface area contributed by atoms with Gasteiger partial charge in [0.2, 0.25) is 10.0 Å². The molecule has 0 spiro atoms. The van der Waals surface area contributed by atoms with Crippen LogP contribution >= 0.6 is 11.6 Å². The maximum Gasteiger partial charge on any atom is 0.252 e. The molecule has 8 heteroatoms. The number of benzene rings is 1. The molecule has 1 N–H and O–H groups in total. The molecule has 0 atom stereocenters. The average molecular weight is 396 g/mol. The summed E-state index contributed by atoms with van der Waals surface area (Å²) in [5.74, 6) is -0.407. The highest BCUT2D eigenvalue weighted by atomic mass is 35.5. The lowest BCUT2D eigenvalue weighted by atomic mass is 10.2. The third-order valence-electron chi connectivity index (χ3n) is 3.95. The van der Waals surface area contributed by atoms with Crippen LogP contribution in [0.2, 0.25) is 5.02 Å². The largest absolute Gasteiger partial charge is 0.352 e. The quantitative estimate of drug-likeness (QED) is 0.745. The summed E-state index contributed by atoms with van der Waals surface area (Å²) in [5.41, 5.74) is 1.14. The van der Waals surface area contributed by atoms with Crippen molar-refractivity contribution in [2.75, 3.05) is 19.6 Å². The van der Waals surface area contributed by atoms with Gasteiger partial charge in [0, 0.05) is 32.0 Å². The van der Waals surface area contributed by atoms with Gasteiger partial charge in [-0.25, -0.2) is 8.42 Å². The molecule has 0 saturated carbocycles. The molecule has 1 amide bonds. The number of halogens is 1. The second kappa shape index (κ2) is 9.12. The molecular formula is C18H22ClN3O3S. The van der Waals surface area contributed by atoms with Crippen LogP contribution in [0.4, 0.5) is 0 Å². The van der Waals surface area contributed by atoms with Gasteiger partial charge in [0.05, 0.1) is 15.5 Å². The van der Waals surface area contributed by atoms with Crippen LogP contribution in [0.25, 0.3) is 0 Å². The van der Waals surface area contributed by atoms with E-state index < -0.39 is 15.9 Å². The van der Waals surface area contributed by atoms with Gasteiger partial charge in [0.1, 0.15) is 0 Å². The average Bonchev–Trinajstić information content (AvgIpc) is 2.63. The van der Waals surface area contributed by atoms with Gasteiger partial charge >= 0.3 is 0 Å². The van der Waals surface area contributed by atoms with Crippen LogP contribution in [0.5, 0.6) is 0 Å². The van der Waals surface area contributed by atoms with Gasteiger partial charge in [-0.2, -0.15) is 4.31 Å². The number of carbonyl (C=O) groups excluding carboxylic acids is 1. The van der Waals surface area contributed by atoms with Gasteiger partial charge in [-0.15, -0.1) is 0 Å². The molecule has 1 aromatic heterocycles. The van der Waals surface area contributed by atoms with Gasteiger partial charge < -0.3 is 5.32 Å². The molecule has 0 aliphatic carbocycles. The highest BCUT2D eigenvalue weighted by Crippen LogP contribution is 2.23. The molecule has 1 heterocycles. The van der Waals surface area contributed by atoms with Gasteiger partial charge in [-0.3, -0.25) is 9.78 Å². The van der Waals surface area contributed by atoms with Crippen molar-refractivity contribution in [2.24, 2.45) is 0 Å². The molecule has 6 nitrogen and oxygen atoms in total. The number of amides is 1. The van der Waals surface area contributed by atoms with E-state index in [4.69, 9.17) is 11.6 Å². The van der Waals surface area contributed by atoms with Crippen molar-refractivity contribution in [2.45, 2.75) is 25.2 Å². The zero-order valence-corrected chi connectivity index (χ0v) is 16.3. The highest BCUT2D eigenvalue weighted by Gasteiger charge is 2.23. The molecule has 2 aromatic rings. The summed E-state index contributed by atoms with van der Waals surface area (Å²) in [6, 6.07) is 7.94. The molecule has 0 fully saturated rings. The van der Waals surface area contributed by atoms with Crippen molar-refractivity contribution in [3.05, 3.63) is 58.9 Å². The Kier molecular flexibility index (Phi) is 7.14. The second-order valence-electron chi connectivity index (χ2n) is 5.60. The Morgan fingerprint density at radius 2 is 1.96 bits per heavy atom. The molecule has 0 saturated heterocycles. The fourth-order valence-electron chi connectivity index (χ4n) is 2.51. The van der Waals surface area contributed by atoms with Crippen molar-refractivity contribution in [3.8, 4) is 0 Å². The number of aromatic nitrogens is 1. The molecule has 0 aliphatic rings. The van der Waals surface area contributed by atoms with Gasteiger partial charge in [0.15, 0.2) is 0 Å². The lowest BCUT2D eigenvalue weighted by Gasteiger charge is -2.19. The summed E-state index contributed by atoms with van der Waals surface area (Å²) in [6.07, 6.45) is 4.04. The zero-order chi connectivity index (χ0) is 19.2. The monoisotopic (exact) mass is 395 g/mol. The minimum Gasteiger partial charge on any atom is -0.352 e. The van der Waals surface area contributed by atoms with Gasteiger partial charge in [-0.05, 0) is 36.2 Å². The molecule has 0 aliphatic heterocycles. The zero-order valence-electron chi connectivity index (χ0n) is 14.8. The van der Waals surface area contributed by atoms with E-state index in [1.807, 2.05) is 12.1 Å². The number of hydrogen-bond acceptors (Lipinski definition) is 4. The smallest absolute Gasteiger partial charge is 0.252 e. The Hall–Kier alpha value is -1.96. The van der Waals surface area contributed by atoms with Crippen molar-refractivity contribution in [1.82, 2.24) is 14.6 Å². The molecule has 1 aromatic carbocycles. The molecule has 0 radical (unpaired) electrons. The summed E-state index contributed by atoms with van der Waals surface area (Å²) in [7, 11) is -3.65. The Morgan fingerprint density at radius 1 is 1.23 bits per heavy atom. The van der Waals surface area contributed by atoms with Crippen LogP contribution in [0, 0.1) is 0 Å². The first kappa shape index (κ1) is 20.4. The van der Waals surface area contributed by atoms with Crippen LogP contribution in [0.15, 0.2) is 47.6 Å². The van der Waals surface area contributed by atoms with Crippen LogP contribution in [-0.2, 0) is 16.4 Å². The number of rotatable bonds is 8. The van der Waals surface area contributed by atoms with E-state index in [2.05, 4.69) is 10.3 Å². The minimum absolute atomic E-state index is 0.0583. The van der Waals surface area contributed by atoms with E-state index >= 15 is 0 Å². The van der Waals surface area contributed by atoms with E-state index in [-0.39, 0.29) is 15.5 Å². The van der Waals surface area contributed by atoms with E-state index in [0.717, 1.165) is 5.56 Å². The van der Waals surface area contributed by atoms with Crippen LogP contribution in [0.3, 0.4) is 0 Å². The summed E-state index contributed by atoms with van der Waals surface area (Å²) < 4.78 is 26.6. The summed E-state index contributed by atoms with van der Waals surface area (Å²) in [5, 5.41) is 2.98. The molecule has 140 valence electrons. The predicted octanol–water partition coefficient (Wildman–Crippen LogP) is 2.74. The lowest BCUT2D eigenvalue weighted by molar-refractivity contribution is 0.0954. The van der Waals surface area contributed by atoms with E-state index in [1.54, 1.807) is 26.2 Å². The van der Waals surface area contributed by atoms with Gasteiger partial charge in [-0.1, -0.05) is 31.5 Å². The number of sulfonamides is 1. The summed E-state index contributed by atoms with van der Waals surface area (Å²) >= 11 is 6.11. The SMILES string of the molecule is CCN(CC)S(=O)(=O)c1ccc(Cl)c(C(=O)NCCc2cccnc2)c1. The predicted molar refractivity (Wildman–Crippen MR) is 102 cm³/mol. The normalized spacial score (nSPS) is 11.5. The van der Waals surface area contributed by atoms with Gasteiger partial charge in [0.25, 0.3) is 5.91 Å². The minimum atomic E-state index is -3.65. The first-order valence-electron chi connectivity index (χ1n) is 8.37. The summed E-state index contributed by atoms with van der Waals surface area (Å²) in [6.45, 7) is 4.64. The fraction of sp³-hybridized carbons (Fsp3) is 0.333. The van der Waals surface area contributed by atoms with Crippen LogP contribution in [0.1, 0.15) is 29.8 Å². The van der Waals surface area contributed by atoms with Crippen molar-refractivity contribution in [3.63, 3.8) is 0 Å². The standard InChI is InChI=1S/C18H22ClN3O3S/c1-3-22(4-2)26(24,25)15-7-8-17(19)16(12-15)18(23)21-11-9-14-6-5-10-20-13-14/h5-8,10,12-13H,3-4,9,11H2,1-2H3,(H,21,23). The fourth-order valence-corrected chi connectivity index (χ4v) is 4.20. The lowest BCUT2D eigenvalue weighted by Crippen LogP contribution is -2.31. The molecular weight excluding hydrogens is 374 g/mol. The third kappa shape index (κ3) is 4.81. The molecule has 26 heavy (non-hydrogen) atoms. The van der Waals surface area contributed by atoms with Crippen molar-refractivity contribution in [1.29, 1.82) is 0 Å². The number of carbonyl (C=O) groups is 1. The van der Waals surface area contributed by atoms with Crippen LogP contribution in [-0.4, -0.2) is 43.2 Å². The first-order chi connectivity index (χ1) is 12.4. The maximum absolute atomic E-state index is 12.6. The number of nitrogens with one attached hydrogen (secondary N) is 1. The van der Waals surface area contributed by atoms with Crippen molar-refractivity contribution >= 4 is 27.5 Å². The Balaban J connectivity index is 2.14. The maximum atomic E-state index is 12.6. The topological polar surface area (TPSA) is 79.4 Å². The number of hydrogen-bond donors (Lipinski definition) is 1. The third-order valence-corrected chi connectivity index (χ3v) is 6.32. The molecule has 0 unspecified atom stereocenters. The second-order valence-corrected chi connectivity index (χ2v) is 7.94. The molecule has 2 rings (SSSR count). The Labute approximate surface area is 159 Å². The highest BCUT2D eigenvalue weighted by molar-refractivity contribution is 7.89.